The number of hydrogen-bond donors (Lipinski definition) is 1. The van der Waals surface area contributed by atoms with E-state index in [-0.39, 0.29) is 6.04 Å². The van der Waals surface area contributed by atoms with Crippen molar-refractivity contribution in [3.05, 3.63) is 45.6 Å². The molecule has 0 spiro atoms. The quantitative estimate of drug-likeness (QED) is 0.913. The summed E-state index contributed by atoms with van der Waals surface area (Å²) < 4.78 is 11.4. The van der Waals surface area contributed by atoms with E-state index in [1.54, 1.807) is 7.11 Å². The smallest absolute Gasteiger partial charge is 0.119 e. The highest BCUT2D eigenvalue weighted by Gasteiger charge is 2.09. The van der Waals surface area contributed by atoms with Crippen LogP contribution < -0.4 is 15.2 Å². The lowest BCUT2D eigenvalue weighted by atomic mass is 10.3. The summed E-state index contributed by atoms with van der Waals surface area (Å²) in [5.74, 6) is 1.57. The van der Waals surface area contributed by atoms with Crippen molar-refractivity contribution in [3.8, 4) is 11.5 Å². The molecule has 2 aromatic rings. The topological polar surface area (TPSA) is 44.5 Å². The third-order valence-electron chi connectivity index (χ3n) is 2.45. The molecular formula is C13H14ClNO2S. The van der Waals surface area contributed by atoms with Crippen molar-refractivity contribution in [1.82, 2.24) is 0 Å². The highest BCUT2D eigenvalue weighted by Crippen LogP contribution is 2.26. The molecule has 1 heterocycles. The Hall–Kier alpha value is -1.23. The van der Waals surface area contributed by atoms with Crippen LogP contribution in [0.25, 0.3) is 0 Å². The monoisotopic (exact) mass is 283 g/mol. The van der Waals surface area contributed by atoms with E-state index in [4.69, 9.17) is 26.8 Å². The van der Waals surface area contributed by atoms with Crippen molar-refractivity contribution >= 4 is 22.9 Å². The molecule has 0 aliphatic rings. The van der Waals surface area contributed by atoms with Crippen LogP contribution in [0.1, 0.15) is 10.9 Å². The summed E-state index contributed by atoms with van der Waals surface area (Å²) in [6, 6.07) is 11.0. The standard InChI is InChI=1S/C13H14ClNO2S/c1-16-9-2-4-10(5-3-9)17-8-11(15)12-6-7-13(14)18-12/h2-7,11H,8,15H2,1H3. The fourth-order valence-electron chi connectivity index (χ4n) is 1.47. The first-order valence-electron chi connectivity index (χ1n) is 5.46. The zero-order valence-corrected chi connectivity index (χ0v) is 11.5. The van der Waals surface area contributed by atoms with Crippen molar-refractivity contribution in [3.63, 3.8) is 0 Å². The van der Waals surface area contributed by atoms with Crippen molar-refractivity contribution in [2.24, 2.45) is 5.73 Å². The van der Waals surface area contributed by atoms with Gasteiger partial charge in [-0.25, -0.2) is 0 Å². The van der Waals surface area contributed by atoms with Gasteiger partial charge in [-0.2, -0.15) is 0 Å². The second-order valence-electron chi connectivity index (χ2n) is 3.73. The minimum absolute atomic E-state index is 0.162. The maximum absolute atomic E-state index is 6.01. The number of benzene rings is 1. The Labute approximate surface area is 115 Å². The van der Waals surface area contributed by atoms with Gasteiger partial charge in [0.2, 0.25) is 0 Å². The largest absolute Gasteiger partial charge is 0.497 e. The van der Waals surface area contributed by atoms with Gasteiger partial charge in [0.05, 0.1) is 17.5 Å². The van der Waals surface area contributed by atoms with E-state index >= 15 is 0 Å². The van der Waals surface area contributed by atoms with Gasteiger partial charge >= 0.3 is 0 Å². The molecule has 0 saturated heterocycles. The van der Waals surface area contributed by atoms with E-state index < -0.39 is 0 Å². The lowest BCUT2D eigenvalue weighted by Crippen LogP contribution is -2.17. The summed E-state index contributed by atoms with van der Waals surface area (Å²) in [5, 5.41) is 0. The number of thiophene rings is 1. The molecule has 1 atom stereocenters. The van der Waals surface area contributed by atoms with Crippen LogP contribution in [0.5, 0.6) is 11.5 Å². The molecule has 5 heteroatoms. The van der Waals surface area contributed by atoms with Crippen LogP contribution in [0, 0.1) is 0 Å². The Morgan fingerprint density at radius 1 is 1.17 bits per heavy atom. The van der Waals surface area contributed by atoms with E-state index in [2.05, 4.69) is 0 Å². The van der Waals surface area contributed by atoms with E-state index in [9.17, 15) is 0 Å². The van der Waals surface area contributed by atoms with Gasteiger partial charge in [-0.05, 0) is 36.4 Å². The van der Waals surface area contributed by atoms with Crippen LogP contribution in [-0.4, -0.2) is 13.7 Å². The zero-order chi connectivity index (χ0) is 13.0. The number of rotatable bonds is 5. The minimum atomic E-state index is -0.162. The summed E-state index contributed by atoms with van der Waals surface area (Å²) in [5.41, 5.74) is 6.01. The van der Waals surface area contributed by atoms with Crippen molar-refractivity contribution in [2.75, 3.05) is 13.7 Å². The third kappa shape index (κ3) is 3.38. The Kier molecular flexibility index (Phi) is 4.47. The Balaban J connectivity index is 1.90. The fraction of sp³-hybridized carbons (Fsp3) is 0.231. The van der Waals surface area contributed by atoms with Gasteiger partial charge in [0.1, 0.15) is 18.1 Å². The molecule has 1 unspecified atom stereocenters. The third-order valence-corrected chi connectivity index (χ3v) is 3.81. The second-order valence-corrected chi connectivity index (χ2v) is 5.48. The molecule has 0 aliphatic carbocycles. The van der Waals surface area contributed by atoms with Crippen LogP contribution >= 0.6 is 22.9 Å². The normalized spacial score (nSPS) is 12.2. The maximum atomic E-state index is 6.01. The molecule has 96 valence electrons. The van der Waals surface area contributed by atoms with Gasteiger partial charge in [-0.15, -0.1) is 11.3 Å². The molecule has 0 amide bonds. The molecule has 1 aromatic heterocycles. The summed E-state index contributed by atoms with van der Waals surface area (Å²) in [4.78, 5) is 1.02. The Bertz CT molecular complexity index is 498. The number of ether oxygens (including phenoxy) is 2. The van der Waals surface area contributed by atoms with Crippen molar-refractivity contribution in [2.45, 2.75) is 6.04 Å². The average molecular weight is 284 g/mol. The SMILES string of the molecule is COc1ccc(OCC(N)c2ccc(Cl)s2)cc1. The lowest BCUT2D eigenvalue weighted by Gasteiger charge is -2.11. The molecule has 0 bridgehead atoms. The molecule has 18 heavy (non-hydrogen) atoms. The summed E-state index contributed by atoms with van der Waals surface area (Å²) >= 11 is 7.34. The molecular weight excluding hydrogens is 270 g/mol. The molecule has 3 nitrogen and oxygen atoms in total. The van der Waals surface area contributed by atoms with Gasteiger partial charge in [0, 0.05) is 4.88 Å². The second kappa shape index (κ2) is 6.09. The highest BCUT2D eigenvalue weighted by atomic mass is 35.5. The molecule has 0 aliphatic heterocycles. The van der Waals surface area contributed by atoms with Crippen LogP contribution in [-0.2, 0) is 0 Å². The van der Waals surface area contributed by atoms with Crippen LogP contribution in [0.3, 0.4) is 0 Å². The molecule has 0 fully saturated rings. The van der Waals surface area contributed by atoms with Gasteiger partial charge in [0.25, 0.3) is 0 Å². The Morgan fingerprint density at radius 2 is 1.83 bits per heavy atom. The van der Waals surface area contributed by atoms with E-state index in [1.807, 2.05) is 36.4 Å². The van der Waals surface area contributed by atoms with Crippen LogP contribution in [0.4, 0.5) is 0 Å². The van der Waals surface area contributed by atoms with Gasteiger partial charge in [-0.1, -0.05) is 11.6 Å². The van der Waals surface area contributed by atoms with Gasteiger partial charge in [0.15, 0.2) is 0 Å². The summed E-state index contributed by atoms with van der Waals surface area (Å²) in [7, 11) is 1.63. The number of halogens is 1. The van der Waals surface area contributed by atoms with Gasteiger partial charge < -0.3 is 15.2 Å². The van der Waals surface area contributed by atoms with Gasteiger partial charge in [-0.3, -0.25) is 0 Å². The first-order chi connectivity index (χ1) is 8.69. The predicted octanol–water partition coefficient (Wildman–Crippen LogP) is 3.49. The number of hydrogen-bond acceptors (Lipinski definition) is 4. The zero-order valence-electron chi connectivity index (χ0n) is 9.93. The average Bonchev–Trinajstić information content (AvgIpc) is 2.83. The number of nitrogens with two attached hydrogens (primary N) is 1. The molecule has 2 rings (SSSR count). The predicted molar refractivity (Wildman–Crippen MR) is 74.7 cm³/mol. The fourth-order valence-corrected chi connectivity index (χ4v) is 2.51. The summed E-state index contributed by atoms with van der Waals surface area (Å²) in [6.45, 7) is 0.420. The molecule has 1 aromatic carbocycles. The van der Waals surface area contributed by atoms with E-state index in [0.717, 1.165) is 20.7 Å². The minimum Gasteiger partial charge on any atom is -0.497 e. The van der Waals surface area contributed by atoms with Crippen LogP contribution in [0.15, 0.2) is 36.4 Å². The molecule has 0 radical (unpaired) electrons. The maximum Gasteiger partial charge on any atom is 0.119 e. The highest BCUT2D eigenvalue weighted by molar-refractivity contribution is 7.16. The van der Waals surface area contributed by atoms with E-state index in [1.165, 1.54) is 11.3 Å². The van der Waals surface area contributed by atoms with Crippen molar-refractivity contribution < 1.29 is 9.47 Å². The van der Waals surface area contributed by atoms with E-state index in [0.29, 0.717) is 6.61 Å². The first kappa shape index (κ1) is 13.2. The lowest BCUT2D eigenvalue weighted by molar-refractivity contribution is 0.291. The Morgan fingerprint density at radius 3 is 2.39 bits per heavy atom. The molecule has 0 saturated carbocycles. The molecule has 2 N–H and O–H groups in total. The van der Waals surface area contributed by atoms with Crippen molar-refractivity contribution in [1.29, 1.82) is 0 Å². The van der Waals surface area contributed by atoms with Crippen LogP contribution in [0.2, 0.25) is 4.34 Å². The summed E-state index contributed by atoms with van der Waals surface area (Å²) in [6.07, 6.45) is 0. The first-order valence-corrected chi connectivity index (χ1v) is 6.66. The number of methoxy groups -OCH3 is 1.